The molecule has 0 radical (unpaired) electrons. The van der Waals surface area contributed by atoms with E-state index in [1.165, 1.54) is 5.56 Å². The molecule has 110 valence electrons. The van der Waals surface area contributed by atoms with Gasteiger partial charge in [-0.1, -0.05) is 44.1 Å². The molecule has 1 aromatic carbocycles. The van der Waals surface area contributed by atoms with Crippen LogP contribution in [-0.4, -0.2) is 17.7 Å². The molecule has 1 aromatic heterocycles. The van der Waals surface area contributed by atoms with Crippen LogP contribution in [0.5, 0.6) is 0 Å². The zero-order valence-electron chi connectivity index (χ0n) is 12.5. The van der Waals surface area contributed by atoms with Crippen molar-refractivity contribution < 1.29 is 9.32 Å². The second kappa shape index (κ2) is 4.91. The molecule has 5 heteroatoms. The van der Waals surface area contributed by atoms with Crippen LogP contribution in [0.15, 0.2) is 34.9 Å². The normalized spacial score (nSPS) is 14.1. The lowest BCUT2D eigenvalue weighted by Crippen LogP contribution is -2.33. The Morgan fingerprint density at radius 1 is 1.33 bits per heavy atom. The number of rotatable bonds is 1. The highest BCUT2D eigenvalue weighted by atomic mass is 16.5. The van der Waals surface area contributed by atoms with E-state index in [-0.39, 0.29) is 11.4 Å². The Morgan fingerprint density at radius 3 is 2.81 bits per heavy atom. The molecule has 0 saturated heterocycles. The van der Waals surface area contributed by atoms with Crippen molar-refractivity contribution in [3.8, 4) is 0 Å². The molecular weight excluding hydrogens is 266 g/mol. The number of nitrogens with zero attached hydrogens (tertiary/aromatic N) is 2. The number of anilines is 2. The number of hydrogen-bond acceptors (Lipinski definition) is 3. The Kier molecular flexibility index (Phi) is 3.20. The van der Waals surface area contributed by atoms with Gasteiger partial charge in [0.25, 0.3) is 0 Å². The van der Waals surface area contributed by atoms with Crippen molar-refractivity contribution in [1.29, 1.82) is 0 Å². The number of amides is 2. The molecule has 1 N–H and O–H groups in total. The Bertz CT molecular complexity index is 670. The predicted octanol–water partition coefficient (Wildman–Crippen LogP) is 3.57. The van der Waals surface area contributed by atoms with Gasteiger partial charge in [-0.05, 0) is 18.1 Å². The minimum atomic E-state index is -0.172. The van der Waals surface area contributed by atoms with E-state index in [4.69, 9.17) is 4.52 Å². The second-order valence-electron chi connectivity index (χ2n) is 6.29. The van der Waals surface area contributed by atoms with Gasteiger partial charge in [-0.2, -0.15) is 0 Å². The fraction of sp³-hybridized carbons (Fsp3) is 0.375. The van der Waals surface area contributed by atoms with E-state index in [1.807, 2.05) is 39.0 Å². The van der Waals surface area contributed by atoms with Crippen molar-refractivity contribution in [3.63, 3.8) is 0 Å². The molecule has 5 nitrogen and oxygen atoms in total. The average Bonchev–Trinajstić information content (AvgIpc) is 3.03. The maximum absolute atomic E-state index is 12.4. The smallest absolute Gasteiger partial charge is 0.327 e. The largest absolute Gasteiger partial charge is 0.359 e. The Labute approximate surface area is 123 Å². The summed E-state index contributed by atoms with van der Waals surface area (Å²) in [7, 11) is 0. The molecule has 0 fully saturated rings. The molecule has 2 heterocycles. The lowest BCUT2D eigenvalue weighted by Gasteiger charge is -2.16. The van der Waals surface area contributed by atoms with Crippen LogP contribution < -0.4 is 10.2 Å². The standard InChI is InChI=1S/C16H19N3O2/c1-16(2,3)13-10-14(18-21-13)17-15(20)19-9-8-11-6-4-5-7-12(11)19/h4-7,10H,8-9H2,1-3H3,(H,17,18,20). The first-order valence-electron chi connectivity index (χ1n) is 7.09. The first kappa shape index (κ1) is 13.7. The highest BCUT2D eigenvalue weighted by molar-refractivity contribution is 6.02. The number of hydrogen-bond donors (Lipinski definition) is 1. The molecule has 1 aliphatic rings. The number of fused-ring (bicyclic) bond motifs is 1. The first-order valence-corrected chi connectivity index (χ1v) is 7.09. The molecular formula is C16H19N3O2. The third kappa shape index (κ3) is 2.63. The number of aromatic nitrogens is 1. The van der Waals surface area contributed by atoms with E-state index in [9.17, 15) is 4.79 Å². The van der Waals surface area contributed by atoms with Crippen LogP contribution in [-0.2, 0) is 11.8 Å². The van der Waals surface area contributed by atoms with Crippen molar-refractivity contribution in [1.82, 2.24) is 5.16 Å². The summed E-state index contributed by atoms with van der Waals surface area (Å²) >= 11 is 0. The molecule has 2 aromatic rings. The van der Waals surface area contributed by atoms with Crippen LogP contribution >= 0.6 is 0 Å². The maximum Gasteiger partial charge on any atom is 0.327 e. The summed E-state index contributed by atoms with van der Waals surface area (Å²) in [5.41, 5.74) is 2.04. The zero-order valence-corrected chi connectivity index (χ0v) is 12.5. The average molecular weight is 285 g/mol. The number of benzene rings is 1. The number of urea groups is 1. The van der Waals surface area contributed by atoms with Gasteiger partial charge in [0.05, 0.1) is 0 Å². The molecule has 2 amide bonds. The van der Waals surface area contributed by atoms with E-state index >= 15 is 0 Å². The van der Waals surface area contributed by atoms with E-state index in [0.29, 0.717) is 12.4 Å². The summed E-state index contributed by atoms with van der Waals surface area (Å²) < 4.78 is 5.28. The van der Waals surface area contributed by atoms with E-state index in [0.717, 1.165) is 17.9 Å². The number of carbonyl (C=O) groups is 1. The molecule has 0 unspecified atom stereocenters. The summed E-state index contributed by atoms with van der Waals surface area (Å²) in [5, 5.41) is 6.72. The van der Waals surface area contributed by atoms with Gasteiger partial charge < -0.3 is 4.52 Å². The highest BCUT2D eigenvalue weighted by Gasteiger charge is 2.26. The molecule has 0 bridgehead atoms. The Balaban J connectivity index is 1.75. The maximum atomic E-state index is 12.4. The lowest BCUT2D eigenvalue weighted by molar-refractivity contribution is 0.257. The van der Waals surface area contributed by atoms with E-state index < -0.39 is 0 Å². The summed E-state index contributed by atoms with van der Waals surface area (Å²) in [6.45, 7) is 6.80. The van der Waals surface area contributed by atoms with Gasteiger partial charge in [0.15, 0.2) is 5.82 Å². The van der Waals surface area contributed by atoms with Crippen LogP contribution in [0.4, 0.5) is 16.3 Å². The molecule has 1 aliphatic heterocycles. The van der Waals surface area contributed by atoms with Crippen LogP contribution in [0.3, 0.4) is 0 Å². The predicted molar refractivity (Wildman–Crippen MR) is 81.7 cm³/mol. The van der Waals surface area contributed by atoms with Crippen LogP contribution in [0.2, 0.25) is 0 Å². The number of para-hydroxylation sites is 1. The summed E-state index contributed by atoms with van der Waals surface area (Å²) in [6.07, 6.45) is 0.885. The zero-order chi connectivity index (χ0) is 15.0. The lowest BCUT2D eigenvalue weighted by atomic mass is 9.93. The molecule has 0 saturated carbocycles. The van der Waals surface area contributed by atoms with Gasteiger partial charge in [0.2, 0.25) is 0 Å². The quantitative estimate of drug-likeness (QED) is 0.871. The first-order chi connectivity index (χ1) is 9.95. The van der Waals surface area contributed by atoms with Crippen LogP contribution in [0.1, 0.15) is 32.1 Å². The van der Waals surface area contributed by atoms with Crippen molar-refractivity contribution in [2.45, 2.75) is 32.6 Å². The van der Waals surface area contributed by atoms with Gasteiger partial charge in [0.1, 0.15) is 5.76 Å². The third-order valence-electron chi connectivity index (χ3n) is 3.62. The minimum absolute atomic E-state index is 0.129. The molecule has 0 aliphatic carbocycles. The minimum Gasteiger partial charge on any atom is -0.359 e. The fourth-order valence-electron chi connectivity index (χ4n) is 2.41. The van der Waals surface area contributed by atoms with Gasteiger partial charge in [-0.15, -0.1) is 0 Å². The fourth-order valence-corrected chi connectivity index (χ4v) is 2.41. The topological polar surface area (TPSA) is 58.4 Å². The van der Waals surface area contributed by atoms with Crippen LogP contribution in [0.25, 0.3) is 0 Å². The number of nitrogens with one attached hydrogen (secondary N) is 1. The van der Waals surface area contributed by atoms with Crippen LogP contribution in [0, 0.1) is 0 Å². The molecule has 3 rings (SSSR count). The van der Waals surface area contributed by atoms with Gasteiger partial charge in [-0.3, -0.25) is 10.2 Å². The summed E-state index contributed by atoms with van der Waals surface area (Å²) in [5.74, 6) is 1.20. The molecule has 21 heavy (non-hydrogen) atoms. The van der Waals surface area contributed by atoms with Gasteiger partial charge in [-0.25, -0.2) is 4.79 Å². The Hall–Kier alpha value is -2.30. The van der Waals surface area contributed by atoms with Gasteiger partial charge >= 0.3 is 6.03 Å². The van der Waals surface area contributed by atoms with Crippen molar-refractivity contribution in [2.24, 2.45) is 0 Å². The summed E-state index contributed by atoms with van der Waals surface area (Å²) in [4.78, 5) is 14.1. The summed E-state index contributed by atoms with van der Waals surface area (Å²) in [6, 6.07) is 9.56. The molecule has 0 spiro atoms. The van der Waals surface area contributed by atoms with E-state index in [1.54, 1.807) is 11.0 Å². The Morgan fingerprint density at radius 2 is 2.10 bits per heavy atom. The third-order valence-corrected chi connectivity index (χ3v) is 3.62. The van der Waals surface area contributed by atoms with Crippen molar-refractivity contribution >= 4 is 17.5 Å². The number of carbonyl (C=O) groups excluding carboxylic acids is 1. The highest BCUT2D eigenvalue weighted by Crippen LogP contribution is 2.28. The SMILES string of the molecule is CC(C)(C)c1cc(NC(=O)N2CCc3ccccc32)no1. The van der Waals surface area contributed by atoms with Crippen molar-refractivity contribution in [3.05, 3.63) is 41.7 Å². The monoisotopic (exact) mass is 285 g/mol. The van der Waals surface area contributed by atoms with Gasteiger partial charge in [0, 0.05) is 23.7 Å². The second-order valence-corrected chi connectivity index (χ2v) is 6.29. The van der Waals surface area contributed by atoms with E-state index in [2.05, 4.69) is 16.5 Å². The van der Waals surface area contributed by atoms with Crippen molar-refractivity contribution in [2.75, 3.05) is 16.8 Å². The molecule has 0 atom stereocenters.